The molecule has 0 aromatic heterocycles. The van der Waals surface area contributed by atoms with Crippen molar-refractivity contribution in [1.82, 2.24) is 0 Å². The molecule has 3 N–H and O–H groups in total. The van der Waals surface area contributed by atoms with Crippen LogP contribution in [0.1, 0.15) is 13.8 Å². The molecule has 2 aromatic rings. The Bertz CT molecular complexity index is 493. The van der Waals surface area contributed by atoms with E-state index in [2.05, 4.69) is 4.74 Å². The molecule has 5 heteroatoms. The summed E-state index contributed by atoms with van der Waals surface area (Å²) in [6.45, 7) is 6.36. The van der Waals surface area contributed by atoms with Gasteiger partial charge < -0.3 is 24.8 Å². The Morgan fingerprint density at radius 1 is 0.680 bits per heavy atom. The smallest absolute Gasteiger partial charge is 0.115 e. The van der Waals surface area contributed by atoms with Crippen LogP contribution in [0.4, 0.5) is 0 Å². The molecular weight excluding hydrogens is 320 g/mol. The van der Waals surface area contributed by atoms with Gasteiger partial charge >= 0.3 is 0 Å². The monoisotopic (exact) mass is 350 g/mol. The van der Waals surface area contributed by atoms with Crippen LogP contribution < -0.4 is 0 Å². The third kappa shape index (κ3) is 13.1. The first kappa shape index (κ1) is 23.1. The average Bonchev–Trinajstić information content (AvgIpc) is 2.65. The normalized spacial score (nSPS) is 9.44. The Morgan fingerprint density at radius 3 is 1.56 bits per heavy atom. The minimum absolute atomic E-state index is 0.0278. The minimum Gasteiger partial charge on any atom is -0.508 e. The van der Waals surface area contributed by atoms with Crippen molar-refractivity contribution >= 4 is 0 Å². The maximum absolute atomic E-state index is 9.10. The number of aliphatic hydroxyl groups is 2. The van der Waals surface area contributed by atoms with E-state index in [1.807, 2.05) is 56.3 Å². The van der Waals surface area contributed by atoms with Gasteiger partial charge in [0, 0.05) is 13.2 Å². The molecule has 0 aliphatic carbocycles. The molecule has 0 fully saturated rings. The van der Waals surface area contributed by atoms with Crippen LogP contribution >= 0.6 is 0 Å². The number of hydrogen-bond donors (Lipinski definition) is 3. The van der Waals surface area contributed by atoms with Crippen LogP contribution in [0.2, 0.25) is 0 Å². The molecule has 0 aliphatic heterocycles. The second kappa shape index (κ2) is 16.9. The highest BCUT2D eigenvalue weighted by atomic mass is 16.5. The van der Waals surface area contributed by atoms with Crippen LogP contribution in [0.3, 0.4) is 0 Å². The number of benzene rings is 2. The fourth-order valence-electron chi connectivity index (χ4n) is 1.72. The first-order valence-corrected chi connectivity index (χ1v) is 8.41. The van der Waals surface area contributed by atoms with Crippen molar-refractivity contribution in [1.29, 1.82) is 0 Å². The molecule has 0 unspecified atom stereocenters. The van der Waals surface area contributed by atoms with Gasteiger partial charge in [-0.25, -0.2) is 0 Å². The Kier molecular flexibility index (Phi) is 15.6. The second-order valence-electron chi connectivity index (χ2n) is 4.75. The van der Waals surface area contributed by atoms with Crippen molar-refractivity contribution < 1.29 is 24.8 Å². The summed E-state index contributed by atoms with van der Waals surface area (Å²) in [6, 6.07) is 17.3. The standard InChI is InChI=1S/C12H10O.C4H10O3.C4H10O/c13-12-8-6-11(7-9-12)10-4-2-1-3-5-10;5-1-3-7-4-2-6;1-3-5-4-2/h1-9,13H;5-6H,1-4H2;3-4H2,1-2H3. The number of aromatic hydroxyl groups is 1. The molecule has 0 amide bonds. The summed E-state index contributed by atoms with van der Waals surface area (Å²) >= 11 is 0. The minimum atomic E-state index is 0.0278. The summed E-state index contributed by atoms with van der Waals surface area (Å²) in [7, 11) is 0. The molecule has 2 aromatic carbocycles. The Balaban J connectivity index is 0.000000408. The fourth-order valence-corrected chi connectivity index (χ4v) is 1.72. The molecule has 0 bridgehead atoms. The fraction of sp³-hybridized carbons (Fsp3) is 0.400. The maximum Gasteiger partial charge on any atom is 0.115 e. The van der Waals surface area contributed by atoms with Gasteiger partial charge in [-0.3, -0.25) is 0 Å². The van der Waals surface area contributed by atoms with Crippen molar-refractivity contribution in [3.8, 4) is 16.9 Å². The molecule has 0 aliphatic rings. The van der Waals surface area contributed by atoms with E-state index in [1.54, 1.807) is 12.1 Å². The third-order valence-corrected chi connectivity index (χ3v) is 2.85. The molecule has 140 valence electrons. The highest BCUT2D eigenvalue weighted by Crippen LogP contribution is 2.20. The van der Waals surface area contributed by atoms with Crippen molar-refractivity contribution in [2.45, 2.75) is 13.8 Å². The first-order valence-electron chi connectivity index (χ1n) is 8.41. The Morgan fingerprint density at radius 2 is 1.16 bits per heavy atom. The van der Waals surface area contributed by atoms with Gasteiger partial charge in [-0.15, -0.1) is 0 Å². The molecule has 0 atom stereocenters. The van der Waals surface area contributed by atoms with Gasteiger partial charge in [-0.05, 0) is 37.1 Å². The van der Waals surface area contributed by atoms with Crippen LogP contribution in [0.5, 0.6) is 5.75 Å². The lowest BCUT2D eigenvalue weighted by Gasteiger charge is -2.00. The summed E-state index contributed by atoms with van der Waals surface area (Å²) in [5, 5.41) is 25.3. The second-order valence-corrected chi connectivity index (χ2v) is 4.75. The van der Waals surface area contributed by atoms with Crippen LogP contribution in [-0.4, -0.2) is 55.0 Å². The molecule has 0 radical (unpaired) electrons. The number of hydrogen-bond acceptors (Lipinski definition) is 5. The van der Waals surface area contributed by atoms with Crippen molar-refractivity contribution in [2.75, 3.05) is 39.6 Å². The van der Waals surface area contributed by atoms with E-state index in [9.17, 15) is 0 Å². The number of phenols is 1. The average molecular weight is 350 g/mol. The topological polar surface area (TPSA) is 79.2 Å². The molecule has 0 saturated carbocycles. The highest BCUT2D eigenvalue weighted by Gasteiger charge is 1.94. The first-order chi connectivity index (χ1) is 12.2. The molecule has 0 saturated heterocycles. The van der Waals surface area contributed by atoms with E-state index in [4.69, 9.17) is 20.1 Å². The third-order valence-electron chi connectivity index (χ3n) is 2.85. The van der Waals surface area contributed by atoms with Gasteiger partial charge in [0.15, 0.2) is 0 Å². The lowest BCUT2D eigenvalue weighted by molar-refractivity contribution is 0.0650. The van der Waals surface area contributed by atoms with E-state index in [-0.39, 0.29) is 13.2 Å². The lowest BCUT2D eigenvalue weighted by atomic mass is 10.1. The summed E-state index contributed by atoms with van der Waals surface area (Å²) in [4.78, 5) is 0. The number of phenolic OH excluding ortho intramolecular Hbond substituents is 1. The SMILES string of the molecule is CCOCC.OCCOCCO.Oc1ccc(-c2ccccc2)cc1. The van der Waals surface area contributed by atoms with E-state index in [1.165, 1.54) is 5.56 Å². The molecule has 0 spiro atoms. The zero-order chi connectivity index (χ0) is 18.8. The molecule has 5 nitrogen and oxygen atoms in total. The van der Waals surface area contributed by atoms with Crippen LogP contribution in [0.15, 0.2) is 54.6 Å². The van der Waals surface area contributed by atoms with E-state index < -0.39 is 0 Å². The maximum atomic E-state index is 9.10. The Labute approximate surface area is 150 Å². The summed E-state index contributed by atoms with van der Waals surface area (Å²) in [5.74, 6) is 0.305. The molecular formula is C20H30O5. The summed E-state index contributed by atoms with van der Waals surface area (Å²) in [6.07, 6.45) is 0. The molecule has 2 rings (SSSR count). The van der Waals surface area contributed by atoms with Gasteiger partial charge in [0.1, 0.15) is 5.75 Å². The largest absolute Gasteiger partial charge is 0.508 e. The van der Waals surface area contributed by atoms with Gasteiger partial charge in [-0.2, -0.15) is 0 Å². The lowest BCUT2D eigenvalue weighted by Crippen LogP contribution is -2.03. The van der Waals surface area contributed by atoms with Gasteiger partial charge in [0.25, 0.3) is 0 Å². The van der Waals surface area contributed by atoms with Crippen LogP contribution in [0.25, 0.3) is 11.1 Å². The molecule has 0 heterocycles. The zero-order valence-electron chi connectivity index (χ0n) is 15.1. The van der Waals surface area contributed by atoms with Crippen molar-refractivity contribution in [2.24, 2.45) is 0 Å². The predicted octanol–water partition coefficient (Wildman–Crippen LogP) is 3.09. The van der Waals surface area contributed by atoms with Gasteiger partial charge in [-0.1, -0.05) is 42.5 Å². The predicted molar refractivity (Wildman–Crippen MR) is 101 cm³/mol. The number of aliphatic hydroxyl groups excluding tert-OH is 2. The quantitative estimate of drug-likeness (QED) is 0.669. The van der Waals surface area contributed by atoms with E-state index in [0.29, 0.717) is 19.0 Å². The van der Waals surface area contributed by atoms with E-state index in [0.717, 1.165) is 18.8 Å². The van der Waals surface area contributed by atoms with Crippen LogP contribution in [-0.2, 0) is 9.47 Å². The van der Waals surface area contributed by atoms with Crippen molar-refractivity contribution in [3.63, 3.8) is 0 Å². The van der Waals surface area contributed by atoms with Crippen molar-refractivity contribution in [3.05, 3.63) is 54.6 Å². The van der Waals surface area contributed by atoms with Gasteiger partial charge in [0.2, 0.25) is 0 Å². The summed E-state index contributed by atoms with van der Waals surface area (Å²) in [5.41, 5.74) is 2.29. The Hall–Kier alpha value is -1.92. The highest BCUT2D eigenvalue weighted by molar-refractivity contribution is 5.63. The number of ether oxygens (including phenoxy) is 2. The number of rotatable bonds is 7. The van der Waals surface area contributed by atoms with Gasteiger partial charge in [0.05, 0.1) is 26.4 Å². The summed E-state index contributed by atoms with van der Waals surface area (Å²) < 4.78 is 9.47. The van der Waals surface area contributed by atoms with E-state index >= 15 is 0 Å². The molecule has 25 heavy (non-hydrogen) atoms. The van der Waals surface area contributed by atoms with Crippen LogP contribution in [0, 0.1) is 0 Å². The zero-order valence-corrected chi connectivity index (χ0v) is 15.1.